The second-order valence-corrected chi connectivity index (χ2v) is 6.98. The number of carboxylic acid groups (broad SMARTS) is 1. The molecule has 0 aromatic heterocycles. The van der Waals surface area contributed by atoms with E-state index >= 15 is 0 Å². The van der Waals surface area contributed by atoms with E-state index in [1.165, 1.54) is 39.2 Å². The molecule has 2 N–H and O–H groups in total. The summed E-state index contributed by atoms with van der Waals surface area (Å²) in [6.45, 7) is 2.63. The van der Waals surface area contributed by atoms with Gasteiger partial charge in [0.2, 0.25) is 10.0 Å². The zero-order chi connectivity index (χ0) is 15.6. The van der Waals surface area contributed by atoms with E-state index in [2.05, 4.69) is 4.72 Å². The Morgan fingerprint density at radius 1 is 1.45 bits per heavy atom. The summed E-state index contributed by atoms with van der Waals surface area (Å²) in [5.41, 5.74) is -1.21. The molecule has 1 aromatic rings. The summed E-state index contributed by atoms with van der Waals surface area (Å²) in [7, 11) is -2.41. The summed E-state index contributed by atoms with van der Waals surface area (Å²) in [5.74, 6) is -0.732. The van der Waals surface area contributed by atoms with E-state index in [0.717, 1.165) is 0 Å². The van der Waals surface area contributed by atoms with Crippen LogP contribution in [0, 0.1) is 5.41 Å². The lowest BCUT2D eigenvalue weighted by Gasteiger charge is -2.19. The van der Waals surface area contributed by atoms with Crippen LogP contribution in [0.2, 0.25) is 5.02 Å². The van der Waals surface area contributed by atoms with E-state index in [1.54, 1.807) is 0 Å². The fourth-order valence-electron chi connectivity index (χ4n) is 1.25. The molecule has 6 nitrogen and oxygen atoms in total. The van der Waals surface area contributed by atoms with Gasteiger partial charge >= 0.3 is 5.97 Å². The van der Waals surface area contributed by atoms with E-state index in [9.17, 15) is 13.2 Å². The normalized spacial score (nSPS) is 12.2. The number of aliphatic carboxylic acids is 1. The van der Waals surface area contributed by atoms with Gasteiger partial charge in [-0.25, -0.2) is 13.1 Å². The maximum absolute atomic E-state index is 12.0. The Kier molecular flexibility index (Phi) is 5.01. The average Bonchev–Trinajstić information content (AvgIpc) is 2.36. The first kappa shape index (κ1) is 16.7. The molecule has 0 bridgehead atoms. The summed E-state index contributed by atoms with van der Waals surface area (Å²) in [4.78, 5) is 10.9. The number of halogens is 1. The zero-order valence-corrected chi connectivity index (χ0v) is 12.9. The monoisotopic (exact) mass is 321 g/mol. The highest BCUT2D eigenvalue weighted by molar-refractivity contribution is 7.89. The number of benzene rings is 1. The first-order valence-corrected chi connectivity index (χ1v) is 7.53. The molecule has 0 unspecified atom stereocenters. The highest BCUT2D eigenvalue weighted by Crippen LogP contribution is 2.27. The summed E-state index contributed by atoms with van der Waals surface area (Å²) < 4.78 is 31.3. The van der Waals surface area contributed by atoms with Gasteiger partial charge in [-0.15, -0.1) is 0 Å². The summed E-state index contributed by atoms with van der Waals surface area (Å²) in [6.07, 6.45) is 0. The van der Waals surface area contributed by atoms with Crippen molar-refractivity contribution in [3.63, 3.8) is 0 Å². The minimum Gasteiger partial charge on any atom is -0.495 e. The SMILES string of the molecule is COc1ccc(S(=O)(=O)NCC(C)(C)C(=O)O)cc1Cl. The average molecular weight is 322 g/mol. The van der Waals surface area contributed by atoms with Crippen LogP contribution in [-0.4, -0.2) is 33.1 Å². The van der Waals surface area contributed by atoms with E-state index in [4.69, 9.17) is 21.4 Å². The number of hydrogen-bond acceptors (Lipinski definition) is 4. The van der Waals surface area contributed by atoms with Crippen LogP contribution in [0.4, 0.5) is 0 Å². The molecular weight excluding hydrogens is 306 g/mol. The number of carbonyl (C=O) groups is 1. The molecule has 8 heteroatoms. The maximum atomic E-state index is 12.0. The second-order valence-electron chi connectivity index (χ2n) is 4.81. The molecule has 1 rings (SSSR count). The lowest BCUT2D eigenvalue weighted by molar-refractivity contribution is -0.146. The molecule has 112 valence electrons. The zero-order valence-electron chi connectivity index (χ0n) is 11.3. The highest BCUT2D eigenvalue weighted by atomic mass is 35.5. The number of carboxylic acids is 1. The third kappa shape index (κ3) is 3.84. The standard InChI is InChI=1S/C12H16ClNO5S/c1-12(2,11(15)16)7-14-20(17,18)8-4-5-10(19-3)9(13)6-8/h4-6,14H,7H2,1-3H3,(H,15,16). The van der Waals surface area contributed by atoms with Gasteiger partial charge < -0.3 is 9.84 Å². The maximum Gasteiger partial charge on any atom is 0.310 e. The number of rotatable bonds is 6. The first-order valence-electron chi connectivity index (χ1n) is 5.67. The van der Waals surface area contributed by atoms with Crippen LogP contribution in [0.1, 0.15) is 13.8 Å². The molecule has 0 spiro atoms. The van der Waals surface area contributed by atoms with Crippen LogP contribution in [0.5, 0.6) is 5.75 Å². The van der Waals surface area contributed by atoms with Crippen LogP contribution in [0.3, 0.4) is 0 Å². The van der Waals surface area contributed by atoms with Gasteiger partial charge in [0.05, 0.1) is 22.4 Å². The summed E-state index contributed by atoms with van der Waals surface area (Å²) >= 11 is 5.86. The molecule has 0 amide bonds. The molecule has 0 fully saturated rings. The lowest BCUT2D eigenvalue weighted by Crippen LogP contribution is -2.38. The quantitative estimate of drug-likeness (QED) is 0.832. The van der Waals surface area contributed by atoms with Crippen LogP contribution in [0.25, 0.3) is 0 Å². The molecule has 0 heterocycles. The largest absolute Gasteiger partial charge is 0.495 e. The molecule has 0 aliphatic heterocycles. The van der Waals surface area contributed by atoms with Gasteiger partial charge in [-0.1, -0.05) is 11.6 Å². The van der Waals surface area contributed by atoms with Crippen LogP contribution in [-0.2, 0) is 14.8 Å². The van der Waals surface area contributed by atoms with Gasteiger partial charge in [-0.05, 0) is 32.0 Å². The molecule has 0 saturated carbocycles. The summed E-state index contributed by atoms with van der Waals surface area (Å²) in [5, 5.41) is 9.11. The van der Waals surface area contributed by atoms with Crippen LogP contribution in [0.15, 0.2) is 23.1 Å². The van der Waals surface area contributed by atoms with Gasteiger partial charge in [0, 0.05) is 6.54 Å². The molecular formula is C12H16ClNO5S. The van der Waals surface area contributed by atoms with Crippen molar-refractivity contribution in [2.75, 3.05) is 13.7 Å². The van der Waals surface area contributed by atoms with Gasteiger partial charge in [0.25, 0.3) is 0 Å². The van der Waals surface area contributed by atoms with Crippen molar-refractivity contribution < 1.29 is 23.1 Å². The fourth-order valence-corrected chi connectivity index (χ4v) is 2.81. The minimum atomic E-state index is -3.83. The minimum absolute atomic E-state index is 0.0514. The fraction of sp³-hybridized carbons (Fsp3) is 0.417. The van der Waals surface area contributed by atoms with Crippen molar-refractivity contribution in [1.82, 2.24) is 4.72 Å². The smallest absolute Gasteiger partial charge is 0.310 e. The third-order valence-electron chi connectivity index (χ3n) is 2.72. The number of nitrogens with one attached hydrogen (secondary N) is 1. The van der Waals surface area contributed by atoms with Crippen LogP contribution >= 0.6 is 11.6 Å². The second kappa shape index (κ2) is 5.99. The first-order chi connectivity index (χ1) is 9.10. The molecule has 0 saturated heterocycles. The molecule has 1 aromatic carbocycles. The third-order valence-corrected chi connectivity index (χ3v) is 4.41. The van der Waals surface area contributed by atoms with E-state index in [0.29, 0.717) is 5.75 Å². The molecule has 0 radical (unpaired) electrons. The lowest BCUT2D eigenvalue weighted by atomic mass is 9.95. The summed E-state index contributed by atoms with van der Waals surface area (Å²) in [6, 6.07) is 4.01. The van der Waals surface area contributed by atoms with Crippen molar-refractivity contribution >= 4 is 27.6 Å². The molecule has 0 aliphatic rings. The van der Waals surface area contributed by atoms with Crippen molar-refractivity contribution in [3.05, 3.63) is 23.2 Å². The number of methoxy groups -OCH3 is 1. The van der Waals surface area contributed by atoms with E-state index in [-0.39, 0.29) is 16.5 Å². The predicted molar refractivity (Wildman–Crippen MR) is 74.6 cm³/mol. The van der Waals surface area contributed by atoms with E-state index < -0.39 is 21.4 Å². The number of hydrogen-bond donors (Lipinski definition) is 2. The van der Waals surface area contributed by atoms with Crippen molar-refractivity contribution in [2.24, 2.45) is 5.41 Å². The Bertz CT molecular complexity index is 612. The molecule has 0 aliphatic carbocycles. The van der Waals surface area contributed by atoms with Gasteiger partial charge in [0.15, 0.2) is 0 Å². The molecule has 20 heavy (non-hydrogen) atoms. The highest BCUT2D eigenvalue weighted by Gasteiger charge is 2.29. The van der Waals surface area contributed by atoms with Gasteiger partial charge in [0.1, 0.15) is 5.75 Å². The van der Waals surface area contributed by atoms with Crippen molar-refractivity contribution in [3.8, 4) is 5.75 Å². The number of sulfonamides is 1. The van der Waals surface area contributed by atoms with Gasteiger partial charge in [-0.2, -0.15) is 0 Å². The Labute approximate surface area is 122 Å². The van der Waals surface area contributed by atoms with Gasteiger partial charge in [-0.3, -0.25) is 4.79 Å². The van der Waals surface area contributed by atoms with Crippen molar-refractivity contribution in [1.29, 1.82) is 0 Å². The Hall–Kier alpha value is -1.31. The topological polar surface area (TPSA) is 92.7 Å². The molecule has 0 atom stereocenters. The Balaban J connectivity index is 2.95. The predicted octanol–water partition coefficient (Wildman–Crippen LogP) is 1.74. The van der Waals surface area contributed by atoms with Crippen LogP contribution < -0.4 is 9.46 Å². The number of ether oxygens (including phenoxy) is 1. The van der Waals surface area contributed by atoms with Crippen molar-refractivity contribution in [2.45, 2.75) is 18.7 Å². The Morgan fingerprint density at radius 2 is 2.05 bits per heavy atom. The van der Waals surface area contributed by atoms with E-state index in [1.807, 2.05) is 0 Å². The Morgan fingerprint density at radius 3 is 2.50 bits per heavy atom.